The quantitative estimate of drug-likeness (QED) is 0.743. The van der Waals surface area contributed by atoms with E-state index in [4.69, 9.17) is 0 Å². The van der Waals surface area contributed by atoms with E-state index < -0.39 is 11.9 Å². The zero-order chi connectivity index (χ0) is 12.9. The average molecular weight is 269 g/mol. The van der Waals surface area contributed by atoms with Crippen LogP contribution in [-0.4, -0.2) is 45.3 Å². The molecule has 0 aromatic heterocycles. The molecule has 4 atom stereocenters. The van der Waals surface area contributed by atoms with Crippen molar-refractivity contribution in [3.8, 4) is 0 Å². The number of nitrogens with zero attached hydrogens (tertiary/aromatic N) is 1. The fraction of sp³-hybridized carbons (Fsp3) is 0.750. The predicted octanol–water partition coefficient (Wildman–Crippen LogP) is 0.588. The molecule has 1 saturated heterocycles. The van der Waals surface area contributed by atoms with E-state index in [-0.39, 0.29) is 29.7 Å². The number of aliphatic carboxylic acids is 1. The van der Waals surface area contributed by atoms with E-state index in [1.54, 1.807) is 0 Å². The number of amides is 2. The first-order chi connectivity index (χ1) is 8.59. The highest BCUT2D eigenvalue weighted by Gasteiger charge is 2.55. The number of carbonyl (C=O) groups excluding carboxylic acids is 2. The van der Waals surface area contributed by atoms with Crippen LogP contribution in [0.15, 0.2) is 0 Å². The van der Waals surface area contributed by atoms with Gasteiger partial charge in [0.1, 0.15) is 0 Å². The summed E-state index contributed by atoms with van der Waals surface area (Å²) in [6.45, 7) is 0. The smallest absolute Gasteiger partial charge is 0.308 e. The van der Waals surface area contributed by atoms with Gasteiger partial charge in [0.05, 0.1) is 23.5 Å². The number of carboxylic acid groups (broad SMARTS) is 1. The van der Waals surface area contributed by atoms with Crippen molar-refractivity contribution in [1.29, 1.82) is 0 Å². The highest BCUT2D eigenvalue weighted by atomic mass is 32.2. The van der Waals surface area contributed by atoms with Crippen LogP contribution in [0.5, 0.6) is 0 Å². The van der Waals surface area contributed by atoms with E-state index in [2.05, 4.69) is 0 Å². The fourth-order valence-electron chi connectivity index (χ4n) is 3.82. The third kappa shape index (κ3) is 1.66. The molecule has 0 aromatic rings. The Balaban J connectivity index is 1.91. The van der Waals surface area contributed by atoms with Crippen LogP contribution >= 0.6 is 11.8 Å². The molecule has 2 saturated carbocycles. The molecule has 3 rings (SSSR count). The van der Waals surface area contributed by atoms with Crippen LogP contribution in [0.25, 0.3) is 0 Å². The summed E-state index contributed by atoms with van der Waals surface area (Å²) in [5.74, 6) is -0.872. The van der Waals surface area contributed by atoms with Gasteiger partial charge in [0.25, 0.3) is 0 Å². The van der Waals surface area contributed by atoms with E-state index in [1.165, 1.54) is 16.7 Å². The largest absolute Gasteiger partial charge is 0.481 e. The SMILES string of the molecule is O=C(O)C1C2CCC(C2)C1N1C(=O)CSCC1=O. The molecule has 6 heteroatoms. The number of carbonyl (C=O) groups is 3. The first-order valence-corrected chi connectivity index (χ1v) is 7.40. The van der Waals surface area contributed by atoms with Crippen LogP contribution in [0, 0.1) is 17.8 Å². The van der Waals surface area contributed by atoms with E-state index >= 15 is 0 Å². The second-order valence-corrected chi connectivity index (χ2v) is 6.32. The van der Waals surface area contributed by atoms with Crippen molar-refractivity contribution in [3.63, 3.8) is 0 Å². The summed E-state index contributed by atoms with van der Waals surface area (Å²) in [4.78, 5) is 36.5. The zero-order valence-electron chi connectivity index (χ0n) is 9.87. The second-order valence-electron chi connectivity index (χ2n) is 5.34. The monoisotopic (exact) mass is 269 g/mol. The normalized spacial score (nSPS) is 39.4. The van der Waals surface area contributed by atoms with Crippen LogP contribution in [0.3, 0.4) is 0 Å². The summed E-state index contributed by atoms with van der Waals surface area (Å²) >= 11 is 1.32. The molecule has 1 heterocycles. The molecular formula is C12H15NO4S. The number of rotatable bonds is 2. The highest BCUT2D eigenvalue weighted by molar-refractivity contribution is 8.00. The number of hydrogen-bond acceptors (Lipinski definition) is 4. The van der Waals surface area contributed by atoms with Crippen molar-refractivity contribution in [2.45, 2.75) is 25.3 Å². The third-order valence-electron chi connectivity index (χ3n) is 4.44. The Morgan fingerprint density at radius 2 is 1.78 bits per heavy atom. The molecule has 0 aromatic carbocycles. The van der Waals surface area contributed by atoms with Gasteiger partial charge in [-0.15, -0.1) is 11.8 Å². The van der Waals surface area contributed by atoms with Crippen LogP contribution in [0.2, 0.25) is 0 Å². The number of imide groups is 1. The minimum atomic E-state index is -0.856. The summed E-state index contributed by atoms with van der Waals surface area (Å²) in [5, 5.41) is 9.35. The summed E-state index contributed by atoms with van der Waals surface area (Å²) in [6.07, 6.45) is 2.72. The molecule has 2 amide bonds. The van der Waals surface area contributed by atoms with Gasteiger partial charge in [-0.1, -0.05) is 0 Å². The maximum absolute atomic E-state index is 11.9. The maximum atomic E-state index is 11.9. The first-order valence-electron chi connectivity index (χ1n) is 6.25. The minimum Gasteiger partial charge on any atom is -0.481 e. The lowest BCUT2D eigenvalue weighted by atomic mass is 9.83. The number of carboxylic acids is 1. The van der Waals surface area contributed by atoms with Gasteiger partial charge in [-0.25, -0.2) is 0 Å². The molecule has 2 bridgehead atoms. The second kappa shape index (κ2) is 4.26. The van der Waals surface area contributed by atoms with Gasteiger partial charge in [0.15, 0.2) is 0 Å². The van der Waals surface area contributed by atoms with Gasteiger partial charge in [0, 0.05) is 0 Å². The van der Waals surface area contributed by atoms with Crippen molar-refractivity contribution in [3.05, 3.63) is 0 Å². The van der Waals surface area contributed by atoms with Crippen molar-refractivity contribution in [2.75, 3.05) is 11.5 Å². The lowest BCUT2D eigenvalue weighted by Gasteiger charge is -2.38. The van der Waals surface area contributed by atoms with Crippen molar-refractivity contribution >= 4 is 29.5 Å². The molecule has 98 valence electrons. The molecule has 0 spiro atoms. The Kier molecular flexibility index (Phi) is 2.84. The van der Waals surface area contributed by atoms with Crippen LogP contribution in [0.4, 0.5) is 0 Å². The molecule has 5 nitrogen and oxygen atoms in total. The third-order valence-corrected chi connectivity index (χ3v) is 5.35. The number of thioether (sulfide) groups is 1. The Bertz CT molecular complexity index is 408. The van der Waals surface area contributed by atoms with Gasteiger partial charge in [0.2, 0.25) is 11.8 Å². The van der Waals surface area contributed by atoms with E-state index in [9.17, 15) is 19.5 Å². The lowest BCUT2D eigenvalue weighted by molar-refractivity contribution is -0.153. The van der Waals surface area contributed by atoms with Crippen LogP contribution < -0.4 is 0 Å². The standard InChI is InChI=1S/C12H15NO4S/c14-8-4-18-5-9(15)13(8)11-7-2-1-6(3-7)10(11)12(16)17/h6-7,10-11H,1-5H2,(H,16,17). The molecule has 1 N–H and O–H groups in total. The molecule has 3 fully saturated rings. The van der Waals surface area contributed by atoms with E-state index in [1.807, 2.05) is 0 Å². The van der Waals surface area contributed by atoms with Gasteiger partial charge in [-0.3, -0.25) is 19.3 Å². The van der Waals surface area contributed by atoms with E-state index in [0.29, 0.717) is 11.5 Å². The molecule has 18 heavy (non-hydrogen) atoms. The Hall–Kier alpha value is -1.04. The number of hydrogen-bond donors (Lipinski definition) is 1. The Morgan fingerprint density at radius 3 is 2.39 bits per heavy atom. The van der Waals surface area contributed by atoms with Gasteiger partial charge >= 0.3 is 5.97 Å². The molecule has 0 radical (unpaired) electrons. The average Bonchev–Trinajstić information content (AvgIpc) is 2.88. The first kappa shape index (κ1) is 12.0. The van der Waals surface area contributed by atoms with E-state index in [0.717, 1.165) is 19.3 Å². The minimum absolute atomic E-state index is 0.146. The summed E-state index contributed by atoms with van der Waals surface area (Å²) in [7, 11) is 0. The molecule has 4 unspecified atom stereocenters. The summed E-state index contributed by atoms with van der Waals surface area (Å²) in [5.41, 5.74) is 0. The van der Waals surface area contributed by atoms with Crippen molar-refractivity contribution in [2.24, 2.45) is 17.8 Å². The highest BCUT2D eigenvalue weighted by Crippen LogP contribution is 2.51. The molecular weight excluding hydrogens is 254 g/mol. The fourth-order valence-corrected chi connectivity index (χ4v) is 4.55. The molecule has 1 aliphatic heterocycles. The topological polar surface area (TPSA) is 74.7 Å². The van der Waals surface area contributed by atoms with Crippen LogP contribution in [-0.2, 0) is 14.4 Å². The van der Waals surface area contributed by atoms with Crippen molar-refractivity contribution < 1.29 is 19.5 Å². The van der Waals surface area contributed by atoms with Gasteiger partial charge in [-0.05, 0) is 31.1 Å². The molecule has 2 aliphatic carbocycles. The summed E-state index contributed by atoms with van der Waals surface area (Å²) in [6, 6.07) is -0.387. The van der Waals surface area contributed by atoms with Gasteiger partial charge < -0.3 is 5.11 Å². The summed E-state index contributed by atoms with van der Waals surface area (Å²) < 4.78 is 0. The Labute approximate surface area is 109 Å². The van der Waals surface area contributed by atoms with Crippen LogP contribution in [0.1, 0.15) is 19.3 Å². The zero-order valence-corrected chi connectivity index (χ0v) is 10.7. The van der Waals surface area contributed by atoms with Crippen molar-refractivity contribution in [1.82, 2.24) is 4.90 Å². The maximum Gasteiger partial charge on any atom is 0.308 e. The Morgan fingerprint density at radius 1 is 1.17 bits per heavy atom. The number of fused-ring (bicyclic) bond motifs is 2. The molecule has 3 aliphatic rings. The van der Waals surface area contributed by atoms with Gasteiger partial charge in [-0.2, -0.15) is 0 Å². The lowest BCUT2D eigenvalue weighted by Crippen LogP contribution is -2.55. The predicted molar refractivity (Wildman–Crippen MR) is 64.9 cm³/mol.